The molecule has 0 saturated heterocycles. The molecule has 220 valence electrons. The molecule has 2 amide bonds. The number of nitrogens with zero attached hydrogens (tertiary/aromatic N) is 2. The van der Waals surface area contributed by atoms with E-state index in [0.29, 0.717) is 27.9 Å². The number of unbranched alkanes of at least 4 members (excludes halogenated alkanes) is 1. The Balaban J connectivity index is 2.08. The predicted molar refractivity (Wildman–Crippen MR) is 163 cm³/mol. The standard InChI is InChI=1S/C30H35Cl2N3O5S/c1-4-6-19-33-30(37)22(3)34(20-24-25(31)15-12-16-26(24)32)29(36)21-35(27-17-10-11-18-28(27)40-5-2)41(38,39)23-13-8-7-9-14-23/h7-18,22H,4-6,19-21H2,1-3H3,(H,33,37). The average Bonchev–Trinajstić information content (AvgIpc) is 2.96. The van der Waals surface area contributed by atoms with Crippen LogP contribution in [-0.2, 0) is 26.2 Å². The molecular weight excluding hydrogens is 585 g/mol. The van der Waals surface area contributed by atoms with Crippen molar-refractivity contribution in [2.45, 2.75) is 51.1 Å². The third-order valence-corrected chi connectivity index (χ3v) is 8.91. The lowest BCUT2D eigenvalue weighted by atomic mass is 10.1. The van der Waals surface area contributed by atoms with Gasteiger partial charge in [-0.1, -0.05) is 72.9 Å². The van der Waals surface area contributed by atoms with E-state index >= 15 is 0 Å². The summed E-state index contributed by atoms with van der Waals surface area (Å²) in [5.41, 5.74) is 0.645. The van der Waals surface area contributed by atoms with E-state index < -0.39 is 28.5 Å². The van der Waals surface area contributed by atoms with E-state index in [9.17, 15) is 18.0 Å². The molecule has 0 heterocycles. The minimum atomic E-state index is -4.22. The first-order valence-electron chi connectivity index (χ1n) is 13.4. The summed E-state index contributed by atoms with van der Waals surface area (Å²) in [4.78, 5) is 28.5. The smallest absolute Gasteiger partial charge is 0.264 e. The Bertz CT molecular complexity index is 1420. The van der Waals surface area contributed by atoms with Gasteiger partial charge in [0.25, 0.3) is 10.0 Å². The Morgan fingerprint density at radius 2 is 1.56 bits per heavy atom. The average molecular weight is 621 g/mol. The Labute approximate surface area is 252 Å². The van der Waals surface area contributed by atoms with Crippen molar-refractivity contribution in [1.29, 1.82) is 0 Å². The van der Waals surface area contributed by atoms with Crippen molar-refractivity contribution in [3.63, 3.8) is 0 Å². The van der Waals surface area contributed by atoms with Gasteiger partial charge in [0.15, 0.2) is 0 Å². The van der Waals surface area contributed by atoms with Crippen LogP contribution < -0.4 is 14.4 Å². The lowest BCUT2D eigenvalue weighted by Crippen LogP contribution is -2.51. The van der Waals surface area contributed by atoms with Gasteiger partial charge in [0.1, 0.15) is 18.3 Å². The minimum absolute atomic E-state index is 0.00477. The number of hydrogen-bond acceptors (Lipinski definition) is 5. The third kappa shape index (κ3) is 8.15. The molecule has 0 radical (unpaired) electrons. The number of anilines is 1. The monoisotopic (exact) mass is 619 g/mol. The number of nitrogens with one attached hydrogen (secondary N) is 1. The van der Waals surface area contributed by atoms with Crippen LogP contribution in [0.15, 0.2) is 77.7 Å². The third-order valence-electron chi connectivity index (χ3n) is 6.43. The Morgan fingerprint density at radius 1 is 0.927 bits per heavy atom. The molecule has 11 heteroatoms. The van der Waals surface area contributed by atoms with E-state index in [4.69, 9.17) is 27.9 Å². The molecule has 0 aliphatic carbocycles. The number of carbonyl (C=O) groups is 2. The second kappa shape index (κ2) is 15.1. The summed E-state index contributed by atoms with van der Waals surface area (Å²) in [5.74, 6) is -0.694. The maximum absolute atomic E-state index is 14.1. The number of carbonyl (C=O) groups excluding carboxylic acids is 2. The van der Waals surface area contributed by atoms with Gasteiger partial charge in [0.2, 0.25) is 11.8 Å². The van der Waals surface area contributed by atoms with Gasteiger partial charge in [-0.25, -0.2) is 8.42 Å². The fourth-order valence-corrected chi connectivity index (χ4v) is 6.11. The quantitative estimate of drug-likeness (QED) is 0.226. The largest absolute Gasteiger partial charge is 0.492 e. The SMILES string of the molecule is CCCCNC(=O)C(C)N(Cc1c(Cl)cccc1Cl)C(=O)CN(c1ccccc1OCC)S(=O)(=O)c1ccccc1. The topological polar surface area (TPSA) is 96.0 Å². The normalized spacial score (nSPS) is 11.9. The first-order valence-corrected chi connectivity index (χ1v) is 15.6. The zero-order valence-corrected chi connectivity index (χ0v) is 25.7. The van der Waals surface area contributed by atoms with E-state index in [0.717, 1.165) is 17.1 Å². The van der Waals surface area contributed by atoms with E-state index in [1.165, 1.54) is 17.0 Å². The van der Waals surface area contributed by atoms with Crippen molar-refractivity contribution in [3.8, 4) is 5.75 Å². The molecule has 0 bridgehead atoms. The Morgan fingerprint density at radius 3 is 2.20 bits per heavy atom. The van der Waals surface area contributed by atoms with Crippen LogP contribution in [0.1, 0.15) is 39.2 Å². The van der Waals surface area contributed by atoms with Crippen LogP contribution in [0, 0.1) is 0 Å². The first-order chi connectivity index (χ1) is 19.6. The molecule has 1 unspecified atom stereocenters. The van der Waals surface area contributed by atoms with Crippen LogP contribution >= 0.6 is 23.2 Å². The van der Waals surface area contributed by atoms with E-state index in [1.807, 2.05) is 6.92 Å². The highest BCUT2D eigenvalue weighted by Gasteiger charge is 2.34. The van der Waals surface area contributed by atoms with Gasteiger partial charge in [-0.05, 0) is 56.7 Å². The number of rotatable bonds is 14. The Hall–Kier alpha value is -3.27. The number of ether oxygens (including phenoxy) is 1. The maximum atomic E-state index is 14.1. The predicted octanol–water partition coefficient (Wildman–Crippen LogP) is 5.92. The number of benzene rings is 3. The zero-order chi connectivity index (χ0) is 30.0. The van der Waals surface area contributed by atoms with Gasteiger partial charge in [-0.15, -0.1) is 0 Å². The van der Waals surface area contributed by atoms with Crippen molar-refractivity contribution in [3.05, 3.63) is 88.4 Å². The lowest BCUT2D eigenvalue weighted by Gasteiger charge is -2.32. The minimum Gasteiger partial charge on any atom is -0.492 e. The second-order valence-electron chi connectivity index (χ2n) is 9.27. The van der Waals surface area contributed by atoms with Crippen LogP contribution in [0.3, 0.4) is 0 Å². The van der Waals surface area contributed by atoms with Gasteiger partial charge >= 0.3 is 0 Å². The van der Waals surface area contributed by atoms with Crippen molar-refractivity contribution < 1.29 is 22.7 Å². The van der Waals surface area contributed by atoms with Crippen LogP contribution in [0.2, 0.25) is 10.0 Å². The lowest BCUT2D eigenvalue weighted by molar-refractivity contribution is -0.139. The van der Waals surface area contributed by atoms with Crippen molar-refractivity contribution in [1.82, 2.24) is 10.2 Å². The Kier molecular flexibility index (Phi) is 11.9. The number of halogens is 2. The van der Waals surface area contributed by atoms with E-state index in [-0.39, 0.29) is 29.6 Å². The molecule has 0 saturated carbocycles. The fraction of sp³-hybridized carbons (Fsp3) is 0.333. The van der Waals surface area contributed by atoms with Gasteiger partial charge < -0.3 is 15.0 Å². The summed E-state index contributed by atoms with van der Waals surface area (Å²) in [7, 11) is -4.22. The number of amides is 2. The highest BCUT2D eigenvalue weighted by molar-refractivity contribution is 7.92. The van der Waals surface area contributed by atoms with Crippen LogP contribution in [0.25, 0.3) is 0 Å². The maximum Gasteiger partial charge on any atom is 0.264 e. The van der Waals surface area contributed by atoms with Crippen molar-refractivity contribution in [2.24, 2.45) is 0 Å². The summed E-state index contributed by atoms with van der Waals surface area (Å²) in [5, 5.41) is 3.50. The molecule has 0 spiro atoms. The highest BCUT2D eigenvalue weighted by Crippen LogP contribution is 2.33. The molecule has 0 aliphatic heterocycles. The summed E-state index contributed by atoms with van der Waals surface area (Å²) >= 11 is 12.9. The van der Waals surface area contributed by atoms with E-state index in [2.05, 4.69) is 5.32 Å². The van der Waals surface area contributed by atoms with Gasteiger partial charge in [0, 0.05) is 28.7 Å². The number of hydrogen-bond donors (Lipinski definition) is 1. The molecule has 41 heavy (non-hydrogen) atoms. The summed E-state index contributed by atoms with van der Waals surface area (Å²) in [6.45, 7) is 5.41. The summed E-state index contributed by atoms with van der Waals surface area (Å²) in [6.07, 6.45) is 1.66. The molecule has 3 rings (SSSR count). The van der Waals surface area contributed by atoms with Crippen molar-refractivity contribution in [2.75, 3.05) is 24.0 Å². The molecule has 1 atom stereocenters. The molecule has 0 aliphatic rings. The van der Waals surface area contributed by atoms with Gasteiger partial charge in [-0.3, -0.25) is 13.9 Å². The molecule has 0 fully saturated rings. The highest BCUT2D eigenvalue weighted by atomic mass is 35.5. The molecule has 8 nitrogen and oxygen atoms in total. The number of sulfonamides is 1. The molecular formula is C30H35Cl2N3O5S. The fourth-order valence-electron chi connectivity index (χ4n) is 4.15. The van der Waals surface area contributed by atoms with Gasteiger partial charge in [0.05, 0.1) is 17.2 Å². The van der Waals surface area contributed by atoms with Crippen LogP contribution in [-0.4, -0.2) is 50.9 Å². The van der Waals surface area contributed by atoms with Crippen LogP contribution in [0.5, 0.6) is 5.75 Å². The molecule has 3 aromatic rings. The van der Waals surface area contributed by atoms with Crippen LogP contribution in [0.4, 0.5) is 5.69 Å². The van der Waals surface area contributed by atoms with Gasteiger partial charge in [-0.2, -0.15) is 0 Å². The summed E-state index contributed by atoms with van der Waals surface area (Å²) in [6, 6.07) is 18.5. The molecule has 0 aromatic heterocycles. The molecule has 3 aromatic carbocycles. The van der Waals surface area contributed by atoms with Crippen molar-refractivity contribution >= 4 is 50.7 Å². The molecule has 1 N–H and O–H groups in total. The number of para-hydroxylation sites is 2. The summed E-state index contributed by atoms with van der Waals surface area (Å²) < 4.78 is 34.7. The zero-order valence-electron chi connectivity index (χ0n) is 23.3. The van der Waals surface area contributed by atoms with E-state index in [1.54, 1.807) is 74.5 Å². The second-order valence-corrected chi connectivity index (χ2v) is 11.9. The first kappa shape index (κ1) is 32.2.